The molecule has 0 aliphatic carbocycles. The van der Waals surface area contributed by atoms with Crippen molar-refractivity contribution in [2.45, 2.75) is 6.42 Å². The number of aromatic nitrogens is 2. The van der Waals surface area contributed by atoms with Gasteiger partial charge in [-0.25, -0.2) is 14.8 Å². The van der Waals surface area contributed by atoms with Crippen molar-refractivity contribution < 1.29 is 4.79 Å². The lowest BCUT2D eigenvalue weighted by Crippen LogP contribution is -2.46. The first kappa shape index (κ1) is 15.8. The van der Waals surface area contributed by atoms with Gasteiger partial charge in [0.05, 0.1) is 5.52 Å². The molecule has 0 atom stereocenters. The van der Waals surface area contributed by atoms with E-state index < -0.39 is 0 Å². The Bertz CT molecular complexity index is 946. The fourth-order valence-corrected chi connectivity index (χ4v) is 3.25. The average molecular weight is 398 g/mol. The largest absolute Gasteiger partial charge is 0.340 e. The second-order valence-electron chi connectivity index (χ2n) is 5.80. The average Bonchev–Trinajstić information content (AvgIpc) is 2.63. The summed E-state index contributed by atoms with van der Waals surface area (Å²) >= 11 is 3.49. The number of anilines is 3. The van der Waals surface area contributed by atoms with Crippen molar-refractivity contribution in [1.29, 1.82) is 0 Å². The highest BCUT2D eigenvalue weighted by molar-refractivity contribution is 9.10. The lowest BCUT2D eigenvalue weighted by Gasteiger charge is -2.27. The molecule has 2 N–H and O–H groups in total. The monoisotopic (exact) mass is 397 g/mol. The van der Waals surface area contributed by atoms with E-state index in [1.807, 2.05) is 42.5 Å². The Morgan fingerprint density at radius 2 is 2.08 bits per heavy atom. The van der Waals surface area contributed by atoms with Crippen molar-refractivity contribution in [3.8, 4) is 0 Å². The number of fused-ring (bicyclic) bond motifs is 1. The summed E-state index contributed by atoms with van der Waals surface area (Å²) in [6.45, 7) is 1.45. The van der Waals surface area contributed by atoms with Crippen LogP contribution in [-0.2, 0) is 0 Å². The molecule has 4 rings (SSSR count). The van der Waals surface area contributed by atoms with E-state index in [0.717, 1.165) is 52.1 Å². The number of halogens is 1. The molecular weight excluding hydrogens is 382 g/mol. The molecule has 0 spiro atoms. The SMILES string of the molecule is O=C1NCCCN1c1cccc(Nc2ncnc3ccc(Br)cc23)c1. The number of carbonyl (C=O) groups excluding carboxylic acids is 1. The molecule has 0 saturated carbocycles. The molecule has 0 bridgehead atoms. The van der Waals surface area contributed by atoms with Gasteiger partial charge < -0.3 is 10.6 Å². The molecule has 1 aliphatic heterocycles. The number of nitrogens with one attached hydrogen (secondary N) is 2. The number of hydrogen-bond donors (Lipinski definition) is 2. The summed E-state index contributed by atoms with van der Waals surface area (Å²) in [7, 11) is 0. The third kappa shape index (κ3) is 3.28. The Morgan fingerprint density at radius 1 is 1.16 bits per heavy atom. The van der Waals surface area contributed by atoms with Crippen molar-refractivity contribution in [2.75, 3.05) is 23.3 Å². The van der Waals surface area contributed by atoms with Crippen LogP contribution in [0.4, 0.5) is 22.0 Å². The van der Waals surface area contributed by atoms with Gasteiger partial charge in [0, 0.05) is 34.3 Å². The number of urea groups is 1. The van der Waals surface area contributed by atoms with Gasteiger partial charge in [0.15, 0.2) is 0 Å². The van der Waals surface area contributed by atoms with Crippen LogP contribution in [0.15, 0.2) is 53.3 Å². The summed E-state index contributed by atoms with van der Waals surface area (Å²) < 4.78 is 0.969. The zero-order valence-corrected chi connectivity index (χ0v) is 15.0. The summed E-state index contributed by atoms with van der Waals surface area (Å²) in [5, 5.41) is 7.14. The molecule has 126 valence electrons. The molecule has 2 amide bonds. The maximum absolute atomic E-state index is 12.0. The van der Waals surface area contributed by atoms with Gasteiger partial charge in [0.25, 0.3) is 0 Å². The van der Waals surface area contributed by atoms with E-state index in [-0.39, 0.29) is 6.03 Å². The quantitative estimate of drug-likeness (QED) is 0.698. The lowest BCUT2D eigenvalue weighted by molar-refractivity contribution is 0.243. The van der Waals surface area contributed by atoms with E-state index in [1.54, 1.807) is 11.2 Å². The predicted octanol–water partition coefficient (Wildman–Crippen LogP) is 4.06. The minimum atomic E-state index is -0.0557. The van der Waals surface area contributed by atoms with Crippen LogP contribution in [0.25, 0.3) is 10.9 Å². The van der Waals surface area contributed by atoms with Crippen molar-refractivity contribution in [1.82, 2.24) is 15.3 Å². The standard InChI is InChI=1S/C18H16BrN5O/c19-12-5-6-16-15(9-12)17(22-11-21-16)23-13-3-1-4-14(10-13)24-8-2-7-20-18(24)25/h1,3-6,9-11H,2,7-8H2,(H,20,25)(H,21,22,23). The summed E-state index contributed by atoms with van der Waals surface area (Å²) in [4.78, 5) is 22.5. The molecule has 0 radical (unpaired) electrons. The first-order valence-corrected chi connectivity index (χ1v) is 8.83. The van der Waals surface area contributed by atoms with Crippen LogP contribution >= 0.6 is 15.9 Å². The highest BCUT2D eigenvalue weighted by atomic mass is 79.9. The van der Waals surface area contributed by atoms with Crippen molar-refractivity contribution in [3.05, 3.63) is 53.3 Å². The Morgan fingerprint density at radius 3 is 2.96 bits per heavy atom. The van der Waals surface area contributed by atoms with Crippen LogP contribution in [0.3, 0.4) is 0 Å². The molecule has 1 saturated heterocycles. The zero-order chi connectivity index (χ0) is 17.2. The zero-order valence-electron chi connectivity index (χ0n) is 13.4. The van der Waals surface area contributed by atoms with Crippen molar-refractivity contribution in [2.24, 2.45) is 0 Å². The van der Waals surface area contributed by atoms with Gasteiger partial charge in [-0.15, -0.1) is 0 Å². The molecule has 2 aromatic carbocycles. The molecule has 7 heteroatoms. The first-order chi connectivity index (χ1) is 12.2. The highest BCUT2D eigenvalue weighted by Gasteiger charge is 2.19. The minimum Gasteiger partial charge on any atom is -0.340 e. The Kier molecular flexibility index (Phi) is 4.23. The van der Waals surface area contributed by atoms with Gasteiger partial charge in [-0.1, -0.05) is 22.0 Å². The summed E-state index contributed by atoms with van der Waals surface area (Å²) in [6, 6.07) is 13.6. The van der Waals surface area contributed by atoms with Gasteiger partial charge in [0.2, 0.25) is 0 Å². The maximum Gasteiger partial charge on any atom is 0.321 e. The molecule has 1 fully saturated rings. The van der Waals surface area contributed by atoms with E-state index in [2.05, 4.69) is 36.5 Å². The molecule has 3 aromatic rings. The fourth-order valence-electron chi connectivity index (χ4n) is 2.89. The molecule has 25 heavy (non-hydrogen) atoms. The number of rotatable bonds is 3. The first-order valence-electron chi connectivity index (χ1n) is 8.03. The predicted molar refractivity (Wildman–Crippen MR) is 102 cm³/mol. The van der Waals surface area contributed by atoms with Crippen molar-refractivity contribution >= 4 is 50.1 Å². The third-order valence-corrected chi connectivity index (χ3v) is 4.59. The number of carbonyl (C=O) groups is 1. The second kappa shape index (κ2) is 6.68. The maximum atomic E-state index is 12.0. The van der Waals surface area contributed by atoms with Crippen LogP contribution in [0.2, 0.25) is 0 Å². The van der Waals surface area contributed by atoms with Gasteiger partial charge in [-0.2, -0.15) is 0 Å². The Hall–Kier alpha value is -2.67. The van der Waals surface area contributed by atoms with Gasteiger partial charge in [-0.05, 0) is 42.8 Å². The van der Waals surface area contributed by atoms with E-state index in [1.165, 1.54) is 0 Å². The number of amides is 2. The number of benzene rings is 2. The molecule has 2 heterocycles. The summed E-state index contributed by atoms with van der Waals surface area (Å²) in [6.07, 6.45) is 2.48. The smallest absolute Gasteiger partial charge is 0.321 e. The van der Waals surface area contributed by atoms with E-state index in [0.29, 0.717) is 0 Å². The Balaban J connectivity index is 1.67. The molecular formula is C18H16BrN5O. The molecule has 0 unspecified atom stereocenters. The Labute approximate surface area is 153 Å². The van der Waals surface area contributed by atoms with Gasteiger partial charge >= 0.3 is 6.03 Å². The number of nitrogens with zero attached hydrogens (tertiary/aromatic N) is 3. The van der Waals surface area contributed by atoms with Crippen LogP contribution in [-0.4, -0.2) is 29.1 Å². The third-order valence-electron chi connectivity index (χ3n) is 4.10. The minimum absolute atomic E-state index is 0.0557. The van der Waals surface area contributed by atoms with Gasteiger partial charge in [-0.3, -0.25) is 4.90 Å². The van der Waals surface area contributed by atoms with Crippen molar-refractivity contribution in [3.63, 3.8) is 0 Å². The lowest BCUT2D eigenvalue weighted by atomic mass is 10.2. The van der Waals surface area contributed by atoms with Crippen LogP contribution in [0.1, 0.15) is 6.42 Å². The topological polar surface area (TPSA) is 70.2 Å². The summed E-state index contributed by atoms with van der Waals surface area (Å²) in [5.41, 5.74) is 2.60. The van der Waals surface area contributed by atoms with E-state index in [9.17, 15) is 4.79 Å². The fraction of sp³-hybridized carbons (Fsp3) is 0.167. The van der Waals surface area contributed by atoms with E-state index in [4.69, 9.17) is 0 Å². The van der Waals surface area contributed by atoms with Gasteiger partial charge in [0.1, 0.15) is 12.1 Å². The molecule has 6 nitrogen and oxygen atoms in total. The van der Waals surface area contributed by atoms with Crippen LogP contribution in [0, 0.1) is 0 Å². The van der Waals surface area contributed by atoms with Crippen LogP contribution in [0.5, 0.6) is 0 Å². The van der Waals surface area contributed by atoms with E-state index >= 15 is 0 Å². The molecule has 1 aliphatic rings. The van der Waals surface area contributed by atoms with Crippen LogP contribution < -0.4 is 15.5 Å². The normalized spacial score (nSPS) is 14.4. The highest BCUT2D eigenvalue weighted by Crippen LogP contribution is 2.28. The second-order valence-corrected chi connectivity index (χ2v) is 6.71. The number of hydrogen-bond acceptors (Lipinski definition) is 4. The summed E-state index contributed by atoms with van der Waals surface area (Å²) in [5.74, 6) is 0.728. The molecule has 1 aromatic heterocycles.